The van der Waals surface area contributed by atoms with Gasteiger partial charge < -0.3 is 5.11 Å². The van der Waals surface area contributed by atoms with Gasteiger partial charge in [-0.3, -0.25) is 5.43 Å². The first-order valence-corrected chi connectivity index (χ1v) is 7.60. The molecule has 116 valence electrons. The van der Waals surface area contributed by atoms with E-state index in [0.717, 1.165) is 33.7 Å². The summed E-state index contributed by atoms with van der Waals surface area (Å²) >= 11 is 0. The van der Waals surface area contributed by atoms with Crippen LogP contribution in [0.3, 0.4) is 0 Å². The highest BCUT2D eigenvalue weighted by molar-refractivity contribution is 6.25. The van der Waals surface area contributed by atoms with Gasteiger partial charge in [-0.15, -0.1) is 0 Å². The lowest BCUT2D eigenvalue weighted by Gasteiger charge is -2.05. The smallest absolute Gasteiger partial charge is 0.335 e. The zero-order chi connectivity index (χ0) is 16.5. The van der Waals surface area contributed by atoms with Crippen LogP contribution in [0.15, 0.2) is 77.9 Å². The third kappa shape index (κ3) is 2.34. The van der Waals surface area contributed by atoms with E-state index in [4.69, 9.17) is 0 Å². The number of hydrogen-bond acceptors (Lipinski definition) is 3. The van der Waals surface area contributed by atoms with Crippen molar-refractivity contribution in [2.75, 3.05) is 5.43 Å². The van der Waals surface area contributed by atoms with E-state index >= 15 is 0 Å². The fourth-order valence-corrected chi connectivity index (χ4v) is 2.93. The summed E-state index contributed by atoms with van der Waals surface area (Å²) < 4.78 is 0. The number of hydrogen-bond donors (Lipinski definition) is 2. The molecular weight excluding hydrogens is 300 g/mol. The van der Waals surface area contributed by atoms with Crippen LogP contribution in [0.25, 0.3) is 11.1 Å². The van der Waals surface area contributed by atoms with E-state index in [9.17, 15) is 9.90 Å². The fraction of sp³-hybridized carbons (Fsp3) is 0. The lowest BCUT2D eigenvalue weighted by molar-refractivity contribution is 0.0697. The number of carboxylic acid groups (broad SMARTS) is 1. The largest absolute Gasteiger partial charge is 0.478 e. The standard InChI is InChI=1S/C20H14N2O2/c23-20(24)13-10-11-16-15-8-4-5-9-17(15)19(18(16)12-13)22-21-14-6-2-1-3-7-14/h1-12,21H,(H,23,24). The van der Waals surface area contributed by atoms with Gasteiger partial charge in [-0.05, 0) is 35.4 Å². The van der Waals surface area contributed by atoms with Crippen LogP contribution in [0.1, 0.15) is 21.5 Å². The van der Waals surface area contributed by atoms with E-state index in [2.05, 4.69) is 10.5 Å². The van der Waals surface area contributed by atoms with Crippen LogP contribution in [0, 0.1) is 0 Å². The summed E-state index contributed by atoms with van der Waals surface area (Å²) in [5.41, 5.74) is 8.86. The van der Waals surface area contributed by atoms with Gasteiger partial charge in [0.25, 0.3) is 0 Å². The number of carboxylic acids is 1. The molecule has 1 aliphatic rings. The zero-order valence-electron chi connectivity index (χ0n) is 12.7. The molecule has 0 amide bonds. The van der Waals surface area contributed by atoms with Gasteiger partial charge in [0.15, 0.2) is 0 Å². The molecule has 24 heavy (non-hydrogen) atoms. The Morgan fingerprint density at radius 1 is 0.792 bits per heavy atom. The van der Waals surface area contributed by atoms with Crippen molar-refractivity contribution < 1.29 is 9.90 Å². The maximum absolute atomic E-state index is 11.3. The molecule has 3 aromatic carbocycles. The van der Waals surface area contributed by atoms with Crippen molar-refractivity contribution in [2.24, 2.45) is 5.10 Å². The van der Waals surface area contributed by atoms with Gasteiger partial charge in [0, 0.05) is 11.1 Å². The molecule has 0 unspecified atom stereocenters. The van der Waals surface area contributed by atoms with Crippen molar-refractivity contribution in [1.82, 2.24) is 0 Å². The van der Waals surface area contributed by atoms with E-state index in [1.165, 1.54) is 0 Å². The number of fused-ring (bicyclic) bond motifs is 3. The topological polar surface area (TPSA) is 61.7 Å². The van der Waals surface area contributed by atoms with Gasteiger partial charge in [0.1, 0.15) is 0 Å². The molecule has 0 fully saturated rings. The second kappa shape index (κ2) is 5.66. The molecule has 2 N–H and O–H groups in total. The zero-order valence-corrected chi connectivity index (χ0v) is 12.7. The Labute approximate surface area is 139 Å². The van der Waals surface area contributed by atoms with Crippen molar-refractivity contribution in [2.45, 2.75) is 0 Å². The SMILES string of the molecule is O=C(O)c1ccc2c(c1)C(=NNc1ccccc1)c1ccccc1-2. The third-order valence-corrected chi connectivity index (χ3v) is 4.06. The minimum Gasteiger partial charge on any atom is -0.478 e. The van der Waals surface area contributed by atoms with Gasteiger partial charge in [0.2, 0.25) is 0 Å². The van der Waals surface area contributed by atoms with Crippen LogP contribution in [-0.2, 0) is 0 Å². The number of anilines is 1. The van der Waals surface area contributed by atoms with Crippen molar-refractivity contribution >= 4 is 17.4 Å². The Kier molecular flexibility index (Phi) is 3.35. The Hall–Kier alpha value is -3.40. The van der Waals surface area contributed by atoms with Crippen LogP contribution in [0.4, 0.5) is 5.69 Å². The number of rotatable bonds is 3. The maximum atomic E-state index is 11.3. The van der Waals surface area contributed by atoms with Crippen molar-refractivity contribution in [1.29, 1.82) is 0 Å². The lowest BCUT2D eigenvalue weighted by atomic mass is 10.0. The molecule has 0 atom stereocenters. The summed E-state index contributed by atoms with van der Waals surface area (Å²) in [7, 11) is 0. The summed E-state index contributed by atoms with van der Waals surface area (Å²) in [6.07, 6.45) is 0. The Balaban J connectivity index is 1.84. The first-order chi connectivity index (χ1) is 11.7. The van der Waals surface area contributed by atoms with Gasteiger partial charge in [0.05, 0.1) is 17.0 Å². The van der Waals surface area contributed by atoms with Crippen LogP contribution < -0.4 is 5.43 Å². The van der Waals surface area contributed by atoms with E-state index in [1.54, 1.807) is 12.1 Å². The fourth-order valence-electron chi connectivity index (χ4n) is 2.93. The van der Waals surface area contributed by atoms with E-state index in [-0.39, 0.29) is 5.56 Å². The highest BCUT2D eigenvalue weighted by atomic mass is 16.4. The third-order valence-electron chi connectivity index (χ3n) is 4.06. The minimum atomic E-state index is -0.941. The molecule has 4 rings (SSSR count). The molecule has 0 spiro atoms. The molecule has 4 nitrogen and oxygen atoms in total. The number of nitrogens with zero attached hydrogens (tertiary/aromatic N) is 1. The van der Waals surface area contributed by atoms with Crippen molar-refractivity contribution in [3.8, 4) is 11.1 Å². The monoisotopic (exact) mass is 314 g/mol. The van der Waals surface area contributed by atoms with Gasteiger partial charge >= 0.3 is 5.97 Å². The first-order valence-electron chi connectivity index (χ1n) is 7.60. The molecule has 0 heterocycles. The lowest BCUT2D eigenvalue weighted by Crippen LogP contribution is -2.04. The van der Waals surface area contributed by atoms with Gasteiger partial charge in [-0.1, -0.05) is 48.5 Å². The second-order valence-electron chi connectivity index (χ2n) is 5.55. The van der Waals surface area contributed by atoms with Crippen LogP contribution in [0.2, 0.25) is 0 Å². The number of benzene rings is 3. The van der Waals surface area contributed by atoms with Gasteiger partial charge in [-0.2, -0.15) is 5.10 Å². The minimum absolute atomic E-state index is 0.258. The van der Waals surface area contributed by atoms with E-state index in [0.29, 0.717) is 0 Å². The Morgan fingerprint density at radius 2 is 1.46 bits per heavy atom. The summed E-state index contributed by atoms with van der Waals surface area (Å²) in [5.74, 6) is -0.941. The molecular formula is C20H14N2O2. The highest BCUT2D eigenvalue weighted by Gasteiger charge is 2.25. The maximum Gasteiger partial charge on any atom is 0.335 e. The predicted octanol–water partition coefficient (Wildman–Crippen LogP) is 4.23. The second-order valence-corrected chi connectivity index (χ2v) is 5.55. The summed E-state index contributed by atoms with van der Waals surface area (Å²) in [6, 6.07) is 22.8. The summed E-state index contributed by atoms with van der Waals surface area (Å²) in [6.45, 7) is 0. The molecule has 0 saturated carbocycles. The molecule has 0 bridgehead atoms. The molecule has 0 saturated heterocycles. The normalized spacial score (nSPS) is 13.4. The van der Waals surface area contributed by atoms with Gasteiger partial charge in [-0.25, -0.2) is 4.79 Å². The average Bonchev–Trinajstić information content (AvgIpc) is 2.94. The van der Waals surface area contributed by atoms with E-state index < -0.39 is 5.97 Å². The summed E-state index contributed by atoms with van der Waals surface area (Å²) in [5, 5.41) is 13.8. The number of aromatic carboxylic acids is 1. The van der Waals surface area contributed by atoms with Crippen LogP contribution >= 0.6 is 0 Å². The first kappa shape index (κ1) is 14.2. The van der Waals surface area contributed by atoms with Crippen molar-refractivity contribution in [3.63, 3.8) is 0 Å². The Bertz CT molecular complexity index is 962. The number of para-hydroxylation sites is 1. The quantitative estimate of drug-likeness (QED) is 0.556. The highest BCUT2D eigenvalue weighted by Crippen LogP contribution is 2.37. The molecule has 0 radical (unpaired) electrons. The predicted molar refractivity (Wildman–Crippen MR) is 94.5 cm³/mol. The van der Waals surface area contributed by atoms with Crippen LogP contribution in [0.5, 0.6) is 0 Å². The molecule has 4 heteroatoms. The number of hydrazone groups is 1. The number of nitrogens with one attached hydrogen (secondary N) is 1. The van der Waals surface area contributed by atoms with Crippen LogP contribution in [-0.4, -0.2) is 16.8 Å². The molecule has 3 aromatic rings. The molecule has 0 aromatic heterocycles. The Morgan fingerprint density at radius 3 is 2.21 bits per heavy atom. The van der Waals surface area contributed by atoms with Crippen molar-refractivity contribution in [3.05, 3.63) is 89.5 Å². The molecule has 1 aliphatic carbocycles. The number of carbonyl (C=O) groups is 1. The molecule has 0 aliphatic heterocycles. The summed E-state index contributed by atoms with van der Waals surface area (Å²) in [4.78, 5) is 11.3. The van der Waals surface area contributed by atoms with E-state index in [1.807, 2.05) is 60.7 Å². The average molecular weight is 314 g/mol.